The van der Waals surface area contributed by atoms with E-state index in [0.29, 0.717) is 19.3 Å². The molecule has 0 radical (unpaired) electrons. The topological polar surface area (TPSA) is 212 Å². The zero-order valence-corrected chi connectivity index (χ0v) is 33.8. The number of nitrogens with one attached hydrogen (secondary N) is 1. The smallest absolute Gasteiger partial charge is 0.394 e. The molecule has 53 heavy (non-hydrogen) atoms. The van der Waals surface area contributed by atoms with E-state index >= 15 is 0 Å². The molecular formula is C39H77NO12S. The monoisotopic (exact) mass is 784 g/mol. The molecule has 7 N–H and O–H groups in total. The molecule has 0 aromatic rings. The first-order valence-electron chi connectivity index (χ1n) is 21.0. The molecule has 1 aliphatic heterocycles. The van der Waals surface area contributed by atoms with Gasteiger partial charge in [0.05, 0.1) is 25.4 Å². The van der Waals surface area contributed by atoms with Crippen LogP contribution in [0.1, 0.15) is 181 Å². The van der Waals surface area contributed by atoms with Crippen molar-refractivity contribution in [3.05, 3.63) is 0 Å². The summed E-state index contributed by atoms with van der Waals surface area (Å²) in [5.74, 6) is -0.670. The number of hydrogen-bond donors (Lipinski definition) is 7. The summed E-state index contributed by atoms with van der Waals surface area (Å²) in [4.78, 5) is 13.0. The van der Waals surface area contributed by atoms with Crippen molar-refractivity contribution in [1.82, 2.24) is 5.32 Å². The summed E-state index contributed by atoms with van der Waals surface area (Å²) in [5.41, 5.74) is 0. The van der Waals surface area contributed by atoms with Crippen molar-refractivity contribution in [3.63, 3.8) is 0 Å². The summed E-state index contributed by atoms with van der Waals surface area (Å²) < 4.78 is 47.3. The molecule has 0 aliphatic carbocycles. The number of aliphatic hydroxyl groups is 5. The minimum Gasteiger partial charge on any atom is -0.394 e. The van der Waals surface area contributed by atoms with Crippen LogP contribution in [0.15, 0.2) is 0 Å². The highest BCUT2D eigenvalue weighted by Gasteiger charge is 2.48. The molecular weight excluding hydrogens is 706 g/mol. The van der Waals surface area contributed by atoms with Crippen LogP contribution in [0.25, 0.3) is 0 Å². The molecule has 13 nitrogen and oxygen atoms in total. The number of carbonyl (C=O) groups is 1. The van der Waals surface area contributed by atoms with Crippen LogP contribution in [0.3, 0.4) is 0 Å². The number of aliphatic hydroxyl groups excluding tert-OH is 5. The van der Waals surface area contributed by atoms with Crippen LogP contribution in [-0.4, -0.2) is 107 Å². The summed E-state index contributed by atoms with van der Waals surface area (Å²) in [6.07, 6.45) is 17.5. The molecule has 1 heterocycles. The molecule has 1 rings (SSSR count). The first kappa shape index (κ1) is 50.1. The van der Waals surface area contributed by atoms with Crippen LogP contribution >= 0.6 is 0 Å². The maximum Gasteiger partial charge on any atom is 0.397 e. The van der Waals surface area contributed by atoms with Gasteiger partial charge in [-0.1, -0.05) is 168 Å². The number of ether oxygens (including phenoxy) is 2. The van der Waals surface area contributed by atoms with E-state index in [4.69, 9.17) is 14.0 Å². The summed E-state index contributed by atoms with van der Waals surface area (Å²) in [6, 6.07) is -1.02. The van der Waals surface area contributed by atoms with Gasteiger partial charge >= 0.3 is 10.4 Å². The van der Waals surface area contributed by atoms with Crippen molar-refractivity contribution < 1.29 is 57.0 Å². The number of hydrogen-bond acceptors (Lipinski definition) is 11. The minimum absolute atomic E-state index is 0.265. The molecule has 0 saturated carbocycles. The molecule has 8 atom stereocenters. The van der Waals surface area contributed by atoms with Crippen molar-refractivity contribution in [3.8, 4) is 0 Å². The predicted octanol–water partition coefficient (Wildman–Crippen LogP) is 6.02. The third-order valence-electron chi connectivity index (χ3n) is 10.3. The largest absolute Gasteiger partial charge is 0.397 e. The fraction of sp³-hybridized carbons (Fsp3) is 0.974. The maximum atomic E-state index is 13.0. The van der Waals surface area contributed by atoms with Crippen LogP contribution in [0, 0.1) is 0 Å². The van der Waals surface area contributed by atoms with Gasteiger partial charge in [-0.05, 0) is 12.8 Å². The predicted molar refractivity (Wildman–Crippen MR) is 205 cm³/mol. The second-order valence-corrected chi connectivity index (χ2v) is 16.1. The Morgan fingerprint density at radius 2 is 1.09 bits per heavy atom. The highest BCUT2D eigenvalue weighted by molar-refractivity contribution is 7.80. The Hall–Kier alpha value is -0.940. The Balaban J connectivity index is 2.54. The lowest BCUT2D eigenvalue weighted by Crippen LogP contribution is -2.61. The van der Waals surface area contributed by atoms with Gasteiger partial charge in [0.1, 0.15) is 30.5 Å². The molecule has 14 heteroatoms. The van der Waals surface area contributed by atoms with Crippen molar-refractivity contribution >= 4 is 16.3 Å². The third-order valence-corrected chi connectivity index (χ3v) is 10.7. The second kappa shape index (κ2) is 31.2. The normalized spacial score (nSPS) is 22.5. The van der Waals surface area contributed by atoms with Crippen molar-refractivity contribution in [2.24, 2.45) is 0 Å². The highest BCUT2D eigenvalue weighted by Crippen LogP contribution is 2.26. The van der Waals surface area contributed by atoms with Gasteiger partial charge in [-0.2, -0.15) is 8.42 Å². The fourth-order valence-corrected chi connectivity index (χ4v) is 7.39. The highest BCUT2D eigenvalue weighted by atomic mass is 32.3. The van der Waals surface area contributed by atoms with Gasteiger partial charge in [-0.15, -0.1) is 0 Å². The average molecular weight is 784 g/mol. The van der Waals surface area contributed by atoms with E-state index in [2.05, 4.69) is 23.3 Å². The Morgan fingerprint density at radius 1 is 0.679 bits per heavy atom. The Morgan fingerprint density at radius 3 is 1.51 bits per heavy atom. The number of rotatable bonds is 35. The summed E-state index contributed by atoms with van der Waals surface area (Å²) in [6.45, 7) is 3.22. The lowest BCUT2D eigenvalue weighted by Gasteiger charge is -2.41. The van der Waals surface area contributed by atoms with Gasteiger partial charge in [0, 0.05) is 0 Å². The van der Waals surface area contributed by atoms with Crippen molar-refractivity contribution in [2.45, 2.75) is 230 Å². The van der Waals surface area contributed by atoms with Crippen LogP contribution in [0.2, 0.25) is 0 Å². The van der Waals surface area contributed by atoms with Gasteiger partial charge in [0.2, 0.25) is 5.91 Å². The Labute approximate surface area is 320 Å². The molecule has 316 valence electrons. The van der Waals surface area contributed by atoms with Gasteiger partial charge in [-0.25, -0.2) is 4.18 Å². The number of carbonyl (C=O) groups excluding carboxylic acids is 1. The number of amides is 1. The van der Waals surface area contributed by atoms with Crippen molar-refractivity contribution in [1.29, 1.82) is 0 Å². The zero-order chi connectivity index (χ0) is 39.3. The number of unbranched alkanes of at least 4 members (excludes halogenated alkanes) is 22. The fourth-order valence-electron chi connectivity index (χ4n) is 6.88. The van der Waals surface area contributed by atoms with E-state index in [1.807, 2.05) is 0 Å². The molecule has 1 aliphatic rings. The van der Waals surface area contributed by atoms with Crippen LogP contribution in [-0.2, 0) is 28.9 Å². The molecule has 8 unspecified atom stereocenters. The van der Waals surface area contributed by atoms with Crippen LogP contribution in [0.5, 0.6) is 0 Å². The average Bonchev–Trinajstić information content (AvgIpc) is 3.12. The first-order valence-corrected chi connectivity index (χ1v) is 22.4. The van der Waals surface area contributed by atoms with E-state index in [-0.39, 0.29) is 6.42 Å². The summed E-state index contributed by atoms with van der Waals surface area (Å²) >= 11 is 0. The van der Waals surface area contributed by atoms with Crippen LogP contribution in [0.4, 0.5) is 0 Å². The van der Waals surface area contributed by atoms with E-state index in [9.17, 15) is 38.7 Å². The Bertz CT molecular complexity index is 990. The lowest BCUT2D eigenvalue weighted by atomic mass is 9.99. The van der Waals surface area contributed by atoms with E-state index in [0.717, 1.165) is 44.9 Å². The second-order valence-electron chi connectivity index (χ2n) is 15.1. The maximum absolute atomic E-state index is 13.0. The van der Waals surface area contributed by atoms with Gasteiger partial charge in [0.25, 0.3) is 0 Å². The first-order chi connectivity index (χ1) is 25.4. The van der Waals surface area contributed by atoms with Gasteiger partial charge < -0.3 is 40.3 Å². The summed E-state index contributed by atoms with van der Waals surface area (Å²) in [7, 11) is -5.10. The third kappa shape index (κ3) is 24.3. The molecule has 1 amide bonds. The van der Waals surface area contributed by atoms with Gasteiger partial charge in [-0.3, -0.25) is 9.35 Å². The molecule has 0 bridgehead atoms. The lowest BCUT2D eigenvalue weighted by molar-refractivity contribution is -0.298. The molecule has 1 saturated heterocycles. The molecule has 0 aromatic carbocycles. The van der Waals surface area contributed by atoms with E-state index < -0.39 is 78.5 Å². The zero-order valence-electron chi connectivity index (χ0n) is 33.0. The van der Waals surface area contributed by atoms with Crippen molar-refractivity contribution in [2.75, 3.05) is 13.2 Å². The van der Waals surface area contributed by atoms with E-state index in [1.54, 1.807) is 0 Å². The van der Waals surface area contributed by atoms with Gasteiger partial charge in [0.15, 0.2) is 6.29 Å². The SMILES string of the molecule is CCCCCCCCCCCCCCCCCCC(O)C(=O)NC(COC1OC(CO)C(O)C(OS(=O)(=O)O)C1O)C(O)CCCCCCCCCC. The van der Waals surface area contributed by atoms with Crippen LogP contribution < -0.4 is 5.32 Å². The quantitative estimate of drug-likeness (QED) is 0.0291. The molecule has 0 spiro atoms. The standard InChI is InChI=1S/C39H77NO12S/c1-3-5-7-9-11-13-14-15-16-17-18-19-20-22-24-26-28-33(43)38(46)40-31(32(42)27-25-23-21-12-10-8-6-4-2)30-50-39-36(45)37(52-53(47,48)49)35(44)34(29-41)51-39/h31-37,39,41-45H,3-30H2,1-2H3,(H,40,46)(H,47,48,49). The van der Waals surface area contributed by atoms with E-state index in [1.165, 1.54) is 96.3 Å². The Kier molecular flexibility index (Phi) is 29.5. The summed E-state index contributed by atoms with van der Waals surface area (Å²) in [5, 5.41) is 55.0. The molecule has 1 fully saturated rings. The molecule has 0 aromatic heterocycles. The minimum atomic E-state index is -5.10.